The lowest BCUT2D eigenvalue weighted by Gasteiger charge is -2.35. The van der Waals surface area contributed by atoms with Crippen LogP contribution in [0.3, 0.4) is 0 Å². The summed E-state index contributed by atoms with van der Waals surface area (Å²) in [6, 6.07) is 5.65. The minimum atomic E-state index is -3.54. The number of hydrogen-bond acceptors (Lipinski definition) is 7. The Morgan fingerprint density at radius 2 is 2.03 bits per heavy atom. The molecule has 3 N–H and O–H groups in total. The van der Waals surface area contributed by atoms with Crippen LogP contribution in [0, 0.1) is 0 Å². The maximum absolute atomic E-state index is 11.4. The Hall–Kier alpha value is -2.69. The van der Waals surface area contributed by atoms with Gasteiger partial charge in [-0.25, -0.2) is 23.5 Å². The third-order valence-electron chi connectivity index (χ3n) is 5.67. The molecule has 0 atom stereocenters. The van der Waals surface area contributed by atoms with Crippen molar-refractivity contribution in [1.29, 1.82) is 0 Å². The lowest BCUT2D eigenvalue weighted by molar-refractivity contribution is 0.253. The predicted octanol–water partition coefficient (Wildman–Crippen LogP) is 1.51. The summed E-state index contributed by atoms with van der Waals surface area (Å²) in [5, 5.41) is 6.26. The average molecular weight is 445 g/mol. The molecule has 0 amide bonds. The van der Waals surface area contributed by atoms with Crippen molar-refractivity contribution in [2.24, 2.45) is 5.14 Å². The molecule has 0 bridgehead atoms. The van der Waals surface area contributed by atoms with Gasteiger partial charge < -0.3 is 14.6 Å². The summed E-state index contributed by atoms with van der Waals surface area (Å²) < 4.78 is 28.2. The van der Waals surface area contributed by atoms with Gasteiger partial charge >= 0.3 is 0 Å². The summed E-state index contributed by atoms with van der Waals surface area (Å²) in [7, 11) is -1.90. The molecule has 9 nitrogen and oxygen atoms in total. The summed E-state index contributed by atoms with van der Waals surface area (Å²) in [5.41, 5.74) is 2.93. The van der Waals surface area contributed by atoms with Crippen LogP contribution in [-0.2, 0) is 22.2 Å². The monoisotopic (exact) mass is 444 g/mol. The Kier molecular flexibility index (Phi) is 6.40. The number of sulfonamides is 1. The Morgan fingerprint density at radius 1 is 1.23 bits per heavy atom. The lowest BCUT2D eigenvalue weighted by Crippen LogP contribution is -2.47. The number of H-pyrrole nitrogens is 1. The van der Waals surface area contributed by atoms with Crippen LogP contribution < -0.4 is 14.8 Å². The van der Waals surface area contributed by atoms with Crippen LogP contribution in [0.25, 0.3) is 10.9 Å². The Balaban J connectivity index is 1.31. The number of aromatic nitrogens is 3. The number of hydrogen-bond donors (Lipinski definition) is 2. The van der Waals surface area contributed by atoms with E-state index in [1.807, 2.05) is 18.3 Å². The third kappa shape index (κ3) is 5.33. The van der Waals surface area contributed by atoms with E-state index in [1.54, 1.807) is 25.7 Å². The molecule has 31 heavy (non-hydrogen) atoms. The molecule has 0 saturated carbocycles. The van der Waals surface area contributed by atoms with Crippen molar-refractivity contribution in [3.8, 4) is 5.75 Å². The van der Waals surface area contributed by atoms with Crippen molar-refractivity contribution >= 4 is 26.7 Å². The molecule has 166 valence electrons. The van der Waals surface area contributed by atoms with Gasteiger partial charge in [-0.15, -0.1) is 0 Å². The molecule has 1 aliphatic heterocycles. The molecule has 4 rings (SSSR count). The maximum atomic E-state index is 11.4. The van der Waals surface area contributed by atoms with E-state index in [0.717, 1.165) is 62.3 Å². The number of methoxy groups -OCH3 is 1. The number of primary sulfonamides is 1. The molecule has 1 aliphatic rings. The van der Waals surface area contributed by atoms with E-state index in [2.05, 4.69) is 24.8 Å². The van der Waals surface area contributed by atoms with Gasteiger partial charge in [-0.3, -0.25) is 4.90 Å². The van der Waals surface area contributed by atoms with Crippen molar-refractivity contribution < 1.29 is 13.2 Å². The van der Waals surface area contributed by atoms with Crippen molar-refractivity contribution in [3.05, 3.63) is 48.0 Å². The van der Waals surface area contributed by atoms with E-state index in [-0.39, 0.29) is 5.75 Å². The first-order valence-corrected chi connectivity index (χ1v) is 12.0. The number of fused-ring (bicyclic) bond motifs is 1. The number of nitrogens with zero attached hydrogens (tertiary/aromatic N) is 4. The first-order chi connectivity index (χ1) is 14.9. The van der Waals surface area contributed by atoms with Gasteiger partial charge in [0.1, 0.15) is 6.33 Å². The SMILES string of the molecule is COc1cncnc1N1CCN(CCCc2c[nH]c3ccc(CS(N)(=O)=O)cc23)CC1. The number of nitrogens with two attached hydrogens (primary N) is 1. The largest absolute Gasteiger partial charge is 0.491 e. The Morgan fingerprint density at radius 3 is 2.77 bits per heavy atom. The van der Waals surface area contributed by atoms with Crippen LogP contribution in [-0.4, -0.2) is 68.1 Å². The molecule has 0 radical (unpaired) electrons. The van der Waals surface area contributed by atoms with Crippen LogP contribution in [0.5, 0.6) is 5.75 Å². The first kappa shape index (κ1) is 21.5. The fourth-order valence-electron chi connectivity index (χ4n) is 4.12. The van der Waals surface area contributed by atoms with Crippen LogP contribution in [0.4, 0.5) is 5.82 Å². The second-order valence-electron chi connectivity index (χ2n) is 7.85. The van der Waals surface area contributed by atoms with E-state index in [9.17, 15) is 8.42 Å². The minimum Gasteiger partial charge on any atom is -0.491 e. The van der Waals surface area contributed by atoms with Crippen LogP contribution >= 0.6 is 0 Å². The van der Waals surface area contributed by atoms with E-state index in [1.165, 1.54) is 5.56 Å². The summed E-state index contributed by atoms with van der Waals surface area (Å²) in [5.74, 6) is 1.41. The second-order valence-corrected chi connectivity index (χ2v) is 9.46. The molecule has 1 fully saturated rings. The summed E-state index contributed by atoms with van der Waals surface area (Å²) >= 11 is 0. The zero-order valence-corrected chi connectivity index (χ0v) is 18.4. The fourth-order valence-corrected chi connectivity index (χ4v) is 4.77. The topological polar surface area (TPSA) is 117 Å². The highest BCUT2D eigenvalue weighted by molar-refractivity contribution is 7.88. The standard InChI is InChI=1S/C21H28N6O3S/c1-30-20-13-23-15-25-21(20)27-9-7-26(8-10-27)6-2-3-17-12-24-19-5-4-16(11-18(17)19)14-31(22,28)29/h4-5,11-13,15,24H,2-3,6-10,14H2,1H3,(H2,22,28,29). The molecule has 3 heterocycles. The van der Waals surface area contributed by atoms with Crippen molar-refractivity contribution in [1.82, 2.24) is 19.9 Å². The molecule has 0 unspecified atom stereocenters. The first-order valence-electron chi connectivity index (χ1n) is 10.3. The highest BCUT2D eigenvalue weighted by Gasteiger charge is 2.20. The molecule has 3 aromatic rings. The predicted molar refractivity (Wildman–Crippen MR) is 121 cm³/mol. The number of aromatic amines is 1. The number of anilines is 1. The van der Waals surface area contributed by atoms with Gasteiger partial charge in [-0.2, -0.15) is 0 Å². The highest BCUT2D eigenvalue weighted by atomic mass is 32.2. The normalized spacial score (nSPS) is 15.5. The van der Waals surface area contributed by atoms with Crippen molar-refractivity contribution in [2.75, 3.05) is 44.7 Å². The molecule has 2 aromatic heterocycles. The molecular formula is C21H28N6O3S. The maximum Gasteiger partial charge on any atom is 0.213 e. The summed E-state index contributed by atoms with van der Waals surface area (Å²) in [6.07, 6.45) is 7.23. The van der Waals surface area contributed by atoms with Crippen molar-refractivity contribution in [2.45, 2.75) is 18.6 Å². The smallest absolute Gasteiger partial charge is 0.213 e. The molecular weight excluding hydrogens is 416 g/mol. The van der Waals surface area contributed by atoms with Gasteiger partial charge in [0.2, 0.25) is 10.0 Å². The zero-order chi connectivity index (χ0) is 21.8. The number of benzene rings is 1. The third-order valence-corrected chi connectivity index (χ3v) is 6.41. The summed E-state index contributed by atoms with van der Waals surface area (Å²) in [4.78, 5) is 16.4. The number of ether oxygens (including phenoxy) is 1. The number of nitrogens with one attached hydrogen (secondary N) is 1. The van der Waals surface area contributed by atoms with Crippen molar-refractivity contribution in [3.63, 3.8) is 0 Å². The van der Waals surface area contributed by atoms with Gasteiger partial charge in [0.25, 0.3) is 0 Å². The van der Waals surface area contributed by atoms with Crippen LogP contribution in [0.2, 0.25) is 0 Å². The fraction of sp³-hybridized carbons (Fsp3) is 0.429. The van der Waals surface area contributed by atoms with Crippen LogP contribution in [0.1, 0.15) is 17.5 Å². The molecule has 0 aliphatic carbocycles. The van der Waals surface area contributed by atoms with E-state index in [4.69, 9.17) is 9.88 Å². The second kappa shape index (κ2) is 9.21. The van der Waals surface area contributed by atoms with E-state index >= 15 is 0 Å². The molecule has 1 saturated heterocycles. The number of rotatable bonds is 8. The van der Waals surface area contributed by atoms with Gasteiger partial charge in [0, 0.05) is 43.3 Å². The van der Waals surface area contributed by atoms with Gasteiger partial charge in [-0.1, -0.05) is 6.07 Å². The van der Waals surface area contributed by atoms with Gasteiger partial charge in [0.05, 0.1) is 19.1 Å². The molecule has 0 spiro atoms. The quantitative estimate of drug-likeness (QED) is 0.541. The molecule has 1 aromatic carbocycles. The molecule has 10 heteroatoms. The minimum absolute atomic E-state index is 0.144. The zero-order valence-electron chi connectivity index (χ0n) is 17.6. The van der Waals surface area contributed by atoms with E-state index < -0.39 is 10.0 Å². The Bertz CT molecular complexity index is 1140. The lowest BCUT2D eigenvalue weighted by atomic mass is 10.1. The number of piperazine rings is 1. The van der Waals surface area contributed by atoms with Gasteiger partial charge in [-0.05, 0) is 42.6 Å². The average Bonchev–Trinajstić information content (AvgIpc) is 3.15. The summed E-state index contributed by atoms with van der Waals surface area (Å²) in [6.45, 7) is 4.76. The Labute approximate surface area is 182 Å². The van der Waals surface area contributed by atoms with Gasteiger partial charge in [0.15, 0.2) is 11.6 Å². The van der Waals surface area contributed by atoms with E-state index in [0.29, 0.717) is 11.3 Å². The highest BCUT2D eigenvalue weighted by Crippen LogP contribution is 2.25. The number of aryl methyl sites for hydroxylation is 1. The van der Waals surface area contributed by atoms with Crippen LogP contribution in [0.15, 0.2) is 36.9 Å².